The van der Waals surface area contributed by atoms with Gasteiger partial charge < -0.3 is 47.3 Å². The first-order chi connectivity index (χ1) is 28.1. The maximum Gasteiger partial charge on any atom is 0.337 e. The molecule has 4 fully saturated rings. The van der Waals surface area contributed by atoms with Crippen molar-refractivity contribution in [3.05, 3.63) is 23.8 Å². The quantitative estimate of drug-likeness (QED) is 0.0399. The third-order valence-electron chi connectivity index (χ3n) is 10.9. The van der Waals surface area contributed by atoms with Crippen LogP contribution in [-0.2, 0) is 23.9 Å². The molecule has 8 N–H and O–H groups in total. The lowest BCUT2D eigenvalue weighted by Crippen LogP contribution is -2.36. The minimum absolute atomic E-state index is 0.0239. The number of benzene rings is 1. The minimum Gasteiger partial charge on any atom is -0.465 e. The molecule has 0 aliphatic carbocycles. The van der Waals surface area contributed by atoms with Gasteiger partial charge in [-0.25, -0.2) is 14.4 Å². The first-order valence-corrected chi connectivity index (χ1v) is 22.9. The highest BCUT2D eigenvalue weighted by atomic mass is 32.2. The third-order valence-corrected chi connectivity index (χ3v) is 13.9. The Morgan fingerprint density at radius 2 is 1.02 bits per heavy atom. The lowest BCUT2D eigenvalue weighted by atomic mass is 10.0. The van der Waals surface area contributed by atoms with Gasteiger partial charge in [-0.2, -0.15) is 23.5 Å². The van der Waals surface area contributed by atoms with Crippen LogP contribution in [0.2, 0.25) is 0 Å². The van der Waals surface area contributed by atoms with Crippen LogP contribution in [0.25, 0.3) is 0 Å². The van der Waals surface area contributed by atoms with E-state index in [1.807, 2.05) is 23.5 Å². The van der Waals surface area contributed by atoms with Gasteiger partial charge in [0.05, 0.1) is 36.8 Å². The molecule has 4 heterocycles. The molecule has 0 spiro atoms. The van der Waals surface area contributed by atoms with Crippen LogP contribution >= 0.6 is 23.5 Å². The number of hydrogen-bond donors (Lipinski definition) is 8. The number of urea groups is 2. The van der Waals surface area contributed by atoms with Gasteiger partial charge in [0.15, 0.2) is 0 Å². The molecule has 0 radical (unpaired) electrons. The van der Waals surface area contributed by atoms with Crippen molar-refractivity contribution in [3.63, 3.8) is 0 Å². The van der Waals surface area contributed by atoms with Crippen molar-refractivity contribution in [2.45, 2.75) is 137 Å². The van der Waals surface area contributed by atoms with Crippen LogP contribution in [0.1, 0.15) is 113 Å². The molecule has 5 rings (SSSR count). The van der Waals surface area contributed by atoms with Crippen LogP contribution in [0.15, 0.2) is 18.2 Å². The van der Waals surface area contributed by atoms with E-state index in [2.05, 4.69) is 42.5 Å². The largest absolute Gasteiger partial charge is 0.465 e. The van der Waals surface area contributed by atoms with Crippen molar-refractivity contribution in [2.75, 3.05) is 42.3 Å². The summed E-state index contributed by atoms with van der Waals surface area (Å²) in [6.45, 7) is 1.09. The van der Waals surface area contributed by atoms with Gasteiger partial charge in [0, 0.05) is 72.2 Å². The molecule has 1 aromatic carbocycles. The van der Waals surface area contributed by atoms with Gasteiger partial charge in [-0.15, -0.1) is 0 Å². The van der Waals surface area contributed by atoms with Crippen molar-refractivity contribution in [1.29, 1.82) is 0 Å². The van der Waals surface area contributed by atoms with Crippen LogP contribution in [0, 0.1) is 0 Å². The first-order valence-electron chi connectivity index (χ1n) is 20.8. The number of anilines is 2. The molecule has 0 saturated carbocycles. The Bertz CT molecular complexity index is 1510. The predicted molar refractivity (Wildman–Crippen MR) is 226 cm³/mol. The minimum atomic E-state index is -0.596. The van der Waals surface area contributed by atoms with Gasteiger partial charge >= 0.3 is 18.0 Å². The van der Waals surface area contributed by atoms with Gasteiger partial charge in [-0.3, -0.25) is 19.2 Å². The molecule has 58 heavy (non-hydrogen) atoms. The monoisotopic (exact) mass is 844 g/mol. The number of amides is 8. The average molecular weight is 845 g/mol. The van der Waals surface area contributed by atoms with Crippen molar-refractivity contribution < 1.29 is 38.3 Å². The number of fused-ring (bicyclic) bond motifs is 2. The Kier molecular flexibility index (Phi) is 18.1. The fourth-order valence-corrected chi connectivity index (χ4v) is 10.9. The molecule has 8 amide bonds. The SMILES string of the molecule is COC(=O)c1cc(NC(=O)CCCCCNC(=O)CCCC[C@@H]2SC[C@@H]3NC(=O)N[C@@H]32)cc(NC(=O)CCCCCNC(=O)CCCC[C@@H]2SC[C@@H]3NC(=O)N[C@@H]32)c1. The lowest BCUT2D eigenvalue weighted by molar-refractivity contribution is -0.122. The first kappa shape index (κ1) is 44.9. The van der Waals surface area contributed by atoms with Crippen LogP contribution < -0.4 is 42.5 Å². The van der Waals surface area contributed by atoms with Crippen molar-refractivity contribution >= 4 is 76.6 Å². The summed E-state index contributed by atoms with van der Waals surface area (Å²) in [5.74, 6) is 0.857. The maximum absolute atomic E-state index is 12.7. The molecule has 6 atom stereocenters. The second kappa shape index (κ2) is 23.4. The standard InChI is InChI=1S/C40H60N8O8S2/c1-56-38(53)25-20-26(43-34(51)16-4-2-10-18-41-32(49)14-8-6-12-30-36-28(23-57-30)45-39(54)47-36)22-27(21-25)44-35(52)17-5-3-11-19-42-33(50)15-9-7-13-31-37-29(24-58-31)46-40(55)48-37/h20-22,28-31,36-37H,2-19,23-24H2,1H3,(H,41,49)(H,42,50)(H,43,51)(H,44,52)(H2,45,47,54)(H2,46,48,55)/t28-,29-,30-,31-,36-,37-/m0/s1. The zero-order chi connectivity index (χ0) is 41.3. The van der Waals surface area contributed by atoms with Crippen molar-refractivity contribution in [2.24, 2.45) is 0 Å². The number of methoxy groups -OCH3 is 1. The number of ether oxygens (including phenoxy) is 1. The summed E-state index contributed by atoms with van der Waals surface area (Å²) < 4.78 is 4.87. The summed E-state index contributed by atoms with van der Waals surface area (Å²) in [6, 6.07) is 5.25. The lowest BCUT2D eigenvalue weighted by Gasteiger charge is -2.16. The van der Waals surface area contributed by atoms with E-state index < -0.39 is 5.97 Å². The number of carbonyl (C=O) groups is 7. The molecule has 16 nitrogen and oxygen atoms in total. The summed E-state index contributed by atoms with van der Waals surface area (Å²) in [5.41, 5.74) is 0.930. The van der Waals surface area contributed by atoms with E-state index in [4.69, 9.17) is 4.74 Å². The zero-order valence-electron chi connectivity index (χ0n) is 33.4. The van der Waals surface area contributed by atoms with E-state index >= 15 is 0 Å². The molecule has 18 heteroatoms. The fraction of sp³-hybridized carbons (Fsp3) is 0.675. The molecule has 4 aliphatic heterocycles. The van der Waals surface area contributed by atoms with E-state index in [0.717, 1.165) is 75.7 Å². The topological polar surface area (TPSA) is 225 Å². The highest BCUT2D eigenvalue weighted by Gasteiger charge is 2.43. The van der Waals surface area contributed by atoms with E-state index in [1.54, 1.807) is 6.07 Å². The molecule has 0 aromatic heterocycles. The van der Waals surface area contributed by atoms with Gasteiger partial charge in [-0.1, -0.05) is 25.7 Å². The predicted octanol–water partition coefficient (Wildman–Crippen LogP) is 4.16. The van der Waals surface area contributed by atoms with Gasteiger partial charge in [0.2, 0.25) is 23.6 Å². The average Bonchev–Trinajstić information content (AvgIpc) is 3.96. The molecule has 4 aliphatic rings. The van der Waals surface area contributed by atoms with Crippen LogP contribution in [0.4, 0.5) is 21.0 Å². The summed E-state index contributed by atoms with van der Waals surface area (Å²) in [6.07, 6.45) is 11.2. The van der Waals surface area contributed by atoms with Crippen molar-refractivity contribution in [1.82, 2.24) is 31.9 Å². The summed E-state index contributed by atoms with van der Waals surface area (Å²) >= 11 is 3.76. The van der Waals surface area contributed by atoms with Gasteiger partial charge in [0.1, 0.15) is 0 Å². The number of unbranched alkanes of at least 4 members (excludes halogenated alkanes) is 6. The van der Waals surface area contributed by atoms with Crippen LogP contribution in [0.5, 0.6) is 0 Å². The number of carbonyl (C=O) groups excluding carboxylic acids is 7. The summed E-state index contributed by atoms with van der Waals surface area (Å²) in [5, 5.41) is 24.2. The molecular formula is C40H60N8O8S2. The van der Waals surface area contributed by atoms with E-state index in [-0.39, 0.29) is 78.3 Å². The Morgan fingerprint density at radius 1 is 0.586 bits per heavy atom. The molecular weight excluding hydrogens is 785 g/mol. The fourth-order valence-electron chi connectivity index (χ4n) is 7.81. The van der Waals surface area contributed by atoms with Gasteiger partial charge in [0.25, 0.3) is 0 Å². The summed E-state index contributed by atoms with van der Waals surface area (Å²) in [7, 11) is 1.26. The normalized spacial score (nSPS) is 22.8. The second-order valence-corrected chi connectivity index (χ2v) is 18.0. The number of hydrogen-bond acceptors (Lipinski definition) is 10. The number of rotatable bonds is 25. The second-order valence-electron chi connectivity index (χ2n) is 15.4. The van der Waals surface area contributed by atoms with E-state index in [1.165, 1.54) is 19.2 Å². The Labute approximate surface area is 349 Å². The van der Waals surface area contributed by atoms with Crippen LogP contribution in [-0.4, -0.2) is 108 Å². The maximum atomic E-state index is 12.7. The zero-order valence-corrected chi connectivity index (χ0v) is 35.1. The number of nitrogens with one attached hydrogen (secondary N) is 8. The highest BCUT2D eigenvalue weighted by Crippen LogP contribution is 2.34. The van der Waals surface area contributed by atoms with E-state index in [9.17, 15) is 33.6 Å². The third kappa shape index (κ3) is 14.6. The van der Waals surface area contributed by atoms with E-state index in [0.29, 0.717) is 60.6 Å². The number of thioether (sulfide) groups is 2. The molecule has 0 unspecified atom stereocenters. The Balaban J connectivity index is 0.881. The molecule has 4 saturated heterocycles. The number of esters is 1. The molecule has 320 valence electrons. The Morgan fingerprint density at radius 3 is 1.47 bits per heavy atom. The van der Waals surface area contributed by atoms with Gasteiger partial charge in [-0.05, 0) is 69.6 Å². The van der Waals surface area contributed by atoms with Crippen molar-refractivity contribution in [3.8, 4) is 0 Å². The van der Waals surface area contributed by atoms with Crippen LogP contribution in [0.3, 0.4) is 0 Å². The summed E-state index contributed by atoms with van der Waals surface area (Å²) in [4.78, 5) is 85.4. The molecule has 1 aromatic rings. The molecule has 0 bridgehead atoms. The highest BCUT2D eigenvalue weighted by molar-refractivity contribution is 8.00. The smallest absolute Gasteiger partial charge is 0.337 e. The Hall–Kier alpha value is -4.19.